The number of amides is 1. The average molecular weight is 254 g/mol. The third kappa shape index (κ3) is 3.33. The molecule has 0 aliphatic rings. The van der Waals surface area contributed by atoms with E-state index >= 15 is 0 Å². The Balaban J connectivity index is 2.81. The lowest BCUT2D eigenvalue weighted by molar-refractivity contribution is -0.127. The van der Waals surface area contributed by atoms with Gasteiger partial charge in [-0.3, -0.25) is 4.79 Å². The van der Waals surface area contributed by atoms with Crippen molar-refractivity contribution in [3.8, 4) is 0 Å². The second kappa shape index (κ2) is 5.86. The summed E-state index contributed by atoms with van der Waals surface area (Å²) in [7, 11) is 3.50. The number of carbonyl (C=O) groups excluding carboxylic acids is 1. The molecule has 0 fully saturated rings. The van der Waals surface area contributed by atoms with Gasteiger partial charge in [0.05, 0.1) is 5.25 Å². The van der Waals surface area contributed by atoms with Crippen LogP contribution in [0.25, 0.3) is 0 Å². The van der Waals surface area contributed by atoms with Crippen molar-refractivity contribution in [3.05, 3.63) is 18.5 Å². The lowest BCUT2D eigenvalue weighted by Gasteiger charge is -2.16. The summed E-state index contributed by atoms with van der Waals surface area (Å²) < 4.78 is 1.94. The molecule has 1 heterocycles. The molecule has 5 nitrogen and oxygen atoms in total. The maximum absolute atomic E-state index is 11.8. The van der Waals surface area contributed by atoms with Crippen molar-refractivity contribution < 1.29 is 4.79 Å². The smallest absolute Gasteiger partial charge is 0.235 e. The molecule has 94 valence electrons. The van der Waals surface area contributed by atoms with Crippen LogP contribution in [-0.2, 0) is 11.3 Å². The van der Waals surface area contributed by atoms with Gasteiger partial charge in [0.1, 0.15) is 5.82 Å². The van der Waals surface area contributed by atoms with E-state index in [2.05, 4.69) is 16.8 Å². The molecule has 0 N–H and O–H groups in total. The Morgan fingerprint density at radius 1 is 1.59 bits per heavy atom. The number of hydrogen-bond acceptors (Lipinski definition) is 4. The Hall–Kier alpha value is -1.30. The van der Waals surface area contributed by atoms with Gasteiger partial charge < -0.3 is 9.47 Å². The molecule has 0 spiro atoms. The molecule has 17 heavy (non-hydrogen) atoms. The first kappa shape index (κ1) is 13.8. The van der Waals surface area contributed by atoms with Gasteiger partial charge >= 0.3 is 0 Å². The quantitative estimate of drug-likeness (QED) is 0.588. The van der Waals surface area contributed by atoms with Gasteiger partial charge in [0.2, 0.25) is 5.91 Å². The van der Waals surface area contributed by atoms with Gasteiger partial charge in [-0.05, 0) is 13.8 Å². The summed E-state index contributed by atoms with van der Waals surface area (Å²) in [6, 6.07) is 0. The van der Waals surface area contributed by atoms with Crippen molar-refractivity contribution in [1.29, 1.82) is 0 Å². The van der Waals surface area contributed by atoms with Crippen LogP contribution in [0.2, 0.25) is 0 Å². The number of aryl methyl sites for hydroxylation is 1. The molecule has 1 atom stereocenters. The van der Waals surface area contributed by atoms with Crippen molar-refractivity contribution in [1.82, 2.24) is 19.7 Å². The van der Waals surface area contributed by atoms with Crippen molar-refractivity contribution in [2.45, 2.75) is 30.8 Å². The van der Waals surface area contributed by atoms with Gasteiger partial charge in [-0.25, -0.2) is 0 Å². The molecule has 1 aromatic rings. The molecule has 0 aliphatic heterocycles. The standard InChI is InChI=1S/C11H18N4OS/c1-6-7-15-9(3)12-13-11(15)17-8(2)10(16)14(4)5/h6,8H,1,7H2,2-5H3. The summed E-state index contributed by atoms with van der Waals surface area (Å²) in [6.45, 7) is 8.11. The van der Waals surface area contributed by atoms with Crippen LogP contribution in [-0.4, -0.2) is 44.9 Å². The summed E-state index contributed by atoms with van der Waals surface area (Å²) >= 11 is 1.42. The highest BCUT2D eigenvalue weighted by molar-refractivity contribution is 8.00. The highest BCUT2D eigenvalue weighted by atomic mass is 32.2. The van der Waals surface area contributed by atoms with Crippen molar-refractivity contribution >= 4 is 17.7 Å². The number of thioether (sulfide) groups is 1. The van der Waals surface area contributed by atoms with Crippen molar-refractivity contribution in [2.24, 2.45) is 0 Å². The normalized spacial score (nSPS) is 12.2. The zero-order valence-electron chi connectivity index (χ0n) is 10.7. The van der Waals surface area contributed by atoms with Crippen molar-refractivity contribution in [2.75, 3.05) is 14.1 Å². The summed E-state index contributed by atoms with van der Waals surface area (Å²) in [5.41, 5.74) is 0. The molecule has 6 heteroatoms. The van der Waals surface area contributed by atoms with E-state index in [1.807, 2.05) is 18.4 Å². The highest BCUT2D eigenvalue weighted by Crippen LogP contribution is 2.23. The van der Waals surface area contributed by atoms with E-state index in [0.717, 1.165) is 11.0 Å². The highest BCUT2D eigenvalue weighted by Gasteiger charge is 2.19. The predicted octanol–water partition coefficient (Wildman–Crippen LogP) is 1.34. The zero-order chi connectivity index (χ0) is 13.0. The number of rotatable bonds is 5. The van der Waals surface area contributed by atoms with E-state index in [1.54, 1.807) is 25.1 Å². The monoisotopic (exact) mass is 254 g/mol. The molecule has 0 aromatic carbocycles. The number of nitrogens with zero attached hydrogens (tertiary/aromatic N) is 4. The third-order valence-electron chi connectivity index (χ3n) is 2.28. The number of aromatic nitrogens is 3. The first-order valence-electron chi connectivity index (χ1n) is 5.36. The van der Waals surface area contributed by atoms with Gasteiger partial charge in [0.15, 0.2) is 5.16 Å². The fourth-order valence-corrected chi connectivity index (χ4v) is 2.41. The molecule has 0 aliphatic carbocycles. The van der Waals surface area contributed by atoms with E-state index < -0.39 is 0 Å². The zero-order valence-corrected chi connectivity index (χ0v) is 11.5. The Morgan fingerprint density at radius 2 is 2.24 bits per heavy atom. The molecule has 0 radical (unpaired) electrons. The molecular weight excluding hydrogens is 236 g/mol. The van der Waals surface area contributed by atoms with Crippen LogP contribution in [0.15, 0.2) is 17.8 Å². The van der Waals surface area contributed by atoms with Crippen LogP contribution in [0.1, 0.15) is 12.7 Å². The van der Waals surface area contributed by atoms with E-state index in [0.29, 0.717) is 6.54 Å². The van der Waals surface area contributed by atoms with Crippen LogP contribution in [0.3, 0.4) is 0 Å². The second-order valence-electron chi connectivity index (χ2n) is 3.92. The topological polar surface area (TPSA) is 51.0 Å². The molecule has 0 saturated carbocycles. The van der Waals surface area contributed by atoms with E-state index in [-0.39, 0.29) is 11.2 Å². The van der Waals surface area contributed by atoms with Crippen LogP contribution in [0.5, 0.6) is 0 Å². The molecule has 0 saturated heterocycles. The van der Waals surface area contributed by atoms with Crippen LogP contribution >= 0.6 is 11.8 Å². The molecule has 1 rings (SSSR count). The molecule has 0 bridgehead atoms. The van der Waals surface area contributed by atoms with Crippen molar-refractivity contribution in [3.63, 3.8) is 0 Å². The molecule has 1 unspecified atom stereocenters. The van der Waals surface area contributed by atoms with Gasteiger partial charge in [-0.2, -0.15) is 0 Å². The second-order valence-corrected chi connectivity index (χ2v) is 5.23. The van der Waals surface area contributed by atoms with E-state index in [1.165, 1.54) is 11.8 Å². The molecule has 1 aromatic heterocycles. The van der Waals surface area contributed by atoms with E-state index in [9.17, 15) is 4.79 Å². The lowest BCUT2D eigenvalue weighted by Crippen LogP contribution is -2.29. The van der Waals surface area contributed by atoms with Crippen LogP contribution < -0.4 is 0 Å². The Kier molecular flexibility index (Phi) is 4.74. The minimum Gasteiger partial charge on any atom is -0.348 e. The van der Waals surface area contributed by atoms with Crippen LogP contribution in [0.4, 0.5) is 0 Å². The summed E-state index contributed by atoms with van der Waals surface area (Å²) in [6.07, 6.45) is 1.79. The summed E-state index contributed by atoms with van der Waals surface area (Å²) in [5.74, 6) is 0.901. The Morgan fingerprint density at radius 3 is 2.76 bits per heavy atom. The van der Waals surface area contributed by atoms with Gasteiger partial charge in [0.25, 0.3) is 0 Å². The first-order valence-corrected chi connectivity index (χ1v) is 6.23. The lowest BCUT2D eigenvalue weighted by atomic mass is 10.4. The Labute approximate surface area is 106 Å². The molecule has 1 amide bonds. The largest absolute Gasteiger partial charge is 0.348 e. The predicted molar refractivity (Wildman–Crippen MR) is 69.0 cm³/mol. The third-order valence-corrected chi connectivity index (χ3v) is 3.35. The fraction of sp³-hybridized carbons (Fsp3) is 0.545. The fourth-order valence-electron chi connectivity index (χ4n) is 1.36. The van der Waals surface area contributed by atoms with Crippen LogP contribution in [0, 0.1) is 6.92 Å². The summed E-state index contributed by atoms with van der Waals surface area (Å²) in [4.78, 5) is 13.3. The van der Waals surface area contributed by atoms with Gasteiger partial charge in [-0.15, -0.1) is 16.8 Å². The number of carbonyl (C=O) groups is 1. The first-order chi connectivity index (χ1) is 7.97. The van der Waals surface area contributed by atoms with Gasteiger partial charge in [-0.1, -0.05) is 17.8 Å². The number of hydrogen-bond donors (Lipinski definition) is 0. The summed E-state index contributed by atoms with van der Waals surface area (Å²) in [5, 5.41) is 8.67. The minimum atomic E-state index is -0.169. The van der Waals surface area contributed by atoms with Gasteiger partial charge in [0, 0.05) is 20.6 Å². The number of allylic oxidation sites excluding steroid dienone is 1. The van der Waals surface area contributed by atoms with E-state index in [4.69, 9.17) is 0 Å². The minimum absolute atomic E-state index is 0.0702. The Bertz CT molecular complexity index is 414. The maximum atomic E-state index is 11.8. The average Bonchev–Trinajstić information content (AvgIpc) is 2.60. The SMILES string of the molecule is C=CCn1c(C)nnc1SC(C)C(=O)N(C)C. The molecular formula is C11H18N4OS. The maximum Gasteiger partial charge on any atom is 0.235 e.